The average molecular weight is 233 g/mol. The molecule has 0 heterocycles. The number of aliphatic carboxylic acids is 1. The van der Waals surface area contributed by atoms with Gasteiger partial charge in [-0.15, -0.1) is 0 Å². The highest BCUT2D eigenvalue weighted by atomic mass is 16.4. The molecule has 0 fully saturated rings. The lowest BCUT2D eigenvalue weighted by Crippen LogP contribution is -2.16. The summed E-state index contributed by atoms with van der Waals surface area (Å²) in [6.45, 7) is 3.95. The molecule has 3 nitrogen and oxygen atoms in total. The highest BCUT2D eigenvalue weighted by Crippen LogP contribution is 2.23. The molecule has 1 aromatic rings. The van der Waals surface area contributed by atoms with Crippen molar-refractivity contribution in [2.75, 3.05) is 14.1 Å². The Kier molecular flexibility index (Phi) is 4.32. The fourth-order valence-electron chi connectivity index (χ4n) is 1.85. The van der Waals surface area contributed by atoms with Crippen molar-refractivity contribution in [2.24, 2.45) is 0 Å². The van der Waals surface area contributed by atoms with E-state index in [1.54, 1.807) is 0 Å². The maximum absolute atomic E-state index is 11.4. The van der Waals surface area contributed by atoms with Crippen LogP contribution in [0.3, 0.4) is 0 Å². The van der Waals surface area contributed by atoms with Crippen molar-refractivity contribution in [1.82, 2.24) is 4.90 Å². The summed E-state index contributed by atoms with van der Waals surface area (Å²) >= 11 is 0. The van der Waals surface area contributed by atoms with Crippen molar-refractivity contribution in [3.8, 4) is 0 Å². The lowest BCUT2D eigenvalue weighted by Gasteiger charge is -2.19. The van der Waals surface area contributed by atoms with Gasteiger partial charge >= 0.3 is 5.97 Å². The number of carboxylic acids is 1. The van der Waals surface area contributed by atoms with Crippen LogP contribution in [0.5, 0.6) is 0 Å². The zero-order valence-electron chi connectivity index (χ0n) is 10.8. The number of allylic oxidation sites excluding steroid dienone is 1. The summed E-state index contributed by atoms with van der Waals surface area (Å²) in [5.41, 5.74) is 3.11. The molecule has 0 aliphatic carbocycles. The number of carboxylic acid groups (broad SMARTS) is 1. The average Bonchev–Trinajstić information content (AvgIpc) is 2.26. The molecule has 1 N–H and O–H groups in total. The first-order valence-corrected chi connectivity index (χ1v) is 5.68. The van der Waals surface area contributed by atoms with Gasteiger partial charge in [0.05, 0.1) is 5.57 Å². The minimum absolute atomic E-state index is 0.387. The van der Waals surface area contributed by atoms with Crippen LogP contribution >= 0.6 is 0 Å². The summed E-state index contributed by atoms with van der Waals surface area (Å²) in [5.74, 6) is -0.876. The van der Waals surface area contributed by atoms with Crippen LogP contribution in [0.2, 0.25) is 0 Å². The van der Waals surface area contributed by atoms with Gasteiger partial charge in [-0.3, -0.25) is 0 Å². The van der Waals surface area contributed by atoms with Crippen LogP contribution in [-0.4, -0.2) is 30.1 Å². The molecule has 0 amide bonds. The predicted molar refractivity (Wildman–Crippen MR) is 69.7 cm³/mol. The third-order valence-electron chi connectivity index (χ3n) is 2.72. The zero-order chi connectivity index (χ0) is 13.0. The SMILES string of the molecule is CCC(=C(C(=O)O)c1ccc(C)cc1)N(C)C. The van der Waals surface area contributed by atoms with Gasteiger partial charge in [0.25, 0.3) is 0 Å². The van der Waals surface area contributed by atoms with Crippen LogP contribution in [0.15, 0.2) is 30.0 Å². The second kappa shape index (κ2) is 5.53. The van der Waals surface area contributed by atoms with E-state index in [9.17, 15) is 9.90 Å². The first kappa shape index (κ1) is 13.3. The molecule has 0 bridgehead atoms. The van der Waals surface area contributed by atoms with Crippen molar-refractivity contribution in [2.45, 2.75) is 20.3 Å². The number of aryl methyl sites for hydroxylation is 1. The fraction of sp³-hybridized carbons (Fsp3) is 0.357. The molecule has 0 aliphatic rings. The van der Waals surface area contributed by atoms with Gasteiger partial charge in [-0.25, -0.2) is 4.79 Å². The molecule has 0 spiro atoms. The molecule has 0 unspecified atom stereocenters. The third kappa shape index (κ3) is 3.09. The van der Waals surface area contributed by atoms with E-state index in [1.165, 1.54) is 0 Å². The lowest BCUT2D eigenvalue weighted by molar-refractivity contribution is -0.130. The Labute approximate surface area is 102 Å². The first-order chi connectivity index (χ1) is 7.97. The number of carbonyl (C=O) groups is 1. The number of nitrogens with zero attached hydrogens (tertiary/aromatic N) is 1. The van der Waals surface area contributed by atoms with Gasteiger partial charge in [-0.1, -0.05) is 36.8 Å². The van der Waals surface area contributed by atoms with E-state index in [2.05, 4.69) is 0 Å². The van der Waals surface area contributed by atoms with Gasteiger partial charge in [0.1, 0.15) is 0 Å². The van der Waals surface area contributed by atoms with Gasteiger partial charge in [-0.05, 0) is 18.9 Å². The van der Waals surface area contributed by atoms with E-state index < -0.39 is 5.97 Å². The molecule has 0 aromatic heterocycles. The minimum atomic E-state index is -0.876. The van der Waals surface area contributed by atoms with E-state index in [4.69, 9.17) is 0 Å². The summed E-state index contributed by atoms with van der Waals surface area (Å²) in [4.78, 5) is 13.3. The normalized spacial score (nSPS) is 12.0. The topological polar surface area (TPSA) is 40.5 Å². The number of hydrogen-bond donors (Lipinski definition) is 1. The molecule has 0 saturated carbocycles. The molecule has 0 aliphatic heterocycles. The van der Waals surface area contributed by atoms with Gasteiger partial charge in [-0.2, -0.15) is 0 Å². The molecule has 0 atom stereocenters. The maximum Gasteiger partial charge on any atom is 0.338 e. The zero-order valence-corrected chi connectivity index (χ0v) is 10.8. The summed E-state index contributed by atoms with van der Waals surface area (Å²) in [5, 5.41) is 9.36. The molecule has 0 saturated heterocycles. The Bertz CT molecular complexity index is 430. The molecule has 17 heavy (non-hydrogen) atoms. The van der Waals surface area contributed by atoms with E-state index in [0.29, 0.717) is 12.0 Å². The summed E-state index contributed by atoms with van der Waals surface area (Å²) in [6, 6.07) is 7.58. The Morgan fingerprint density at radius 2 is 1.76 bits per heavy atom. The highest BCUT2D eigenvalue weighted by molar-refractivity contribution is 6.16. The lowest BCUT2D eigenvalue weighted by atomic mass is 10.0. The second-order valence-corrected chi connectivity index (χ2v) is 4.24. The Morgan fingerprint density at radius 1 is 1.24 bits per heavy atom. The van der Waals surface area contributed by atoms with Crippen LogP contribution < -0.4 is 0 Å². The molecule has 1 rings (SSSR count). The van der Waals surface area contributed by atoms with Crippen molar-refractivity contribution >= 4 is 11.5 Å². The van der Waals surface area contributed by atoms with Crippen LogP contribution in [0.25, 0.3) is 5.57 Å². The molecule has 3 heteroatoms. The number of benzene rings is 1. The molecule has 92 valence electrons. The van der Waals surface area contributed by atoms with Crippen molar-refractivity contribution in [3.05, 3.63) is 41.1 Å². The Morgan fingerprint density at radius 3 is 2.12 bits per heavy atom. The number of hydrogen-bond acceptors (Lipinski definition) is 2. The third-order valence-corrected chi connectivity index (χ3v) is 2.72. The largest absolute Gasteiger partial charge is 0.478 e. The van der Waals surface area contributed by atoms with Gasteiger partial charge in [0.15, 0.2) is 0 Å². The maximum atomic E-state index is 11.4. The van der Waals surface area contributed by atoms with E-state index in [1.807, 2.05) is 57.1 Å². The standard InChI is InChI=1S/C14H19NO2/c1-5-12(15(3)4)13(14(16)17)11-8-6-10(2)7-9-11/h6-9H,5H2,1-4H3,(H,16,17). The Hall–Kier alpha value is -1.77. The quantitative estimate of drug-likeness (QED) is 0.813. The molecular weight excluding hydrogens is 214 g/mol. The molecule has 1 aromatic carbocycles. The van der Waals surface area contributed by atoms with Crippen LogP contribution in [0, 0.1) is 6.92 Å². The summed E-state index contributed by atoms with van der Waals surface area (Å²) in [6.07, 6.45) is 0.697. The van der Waals surface area contributed by atoms with Crippen molar-refractivity contribution in [3.63, 3.8) is 0 Å². The summed E-state index contributed by atoms with van der Waals surface area (Å²) < 4.78 is 0. The van der Waals surface area contributed by atoms with Crippen LogP contribution in [0.4, 0.5) is 0 Å². The van der Waals surface area contributed by atoms with Crippen LogP contribution in [-0.2, 0) is 4.79 Å². The Balaban J connectivity index is 3.35. The van der Waals surface area contributed by atoms with Gasteiger partial charge < -0.3 is 10.0 Å². The highest BCUT2D eigenvalue weighted by Gasteiger charge is 2.16. The number of rotatable bonds is 4. The smallest absolute Gasteiger partial charge is 0.338 e. The minimum Gasteiger partial charge on any atom is -0.478 e. The second-order valence-electron chi connectivity index (χ2n) is 4.24. The van der Waals surface area contributed by atoms with E-state index in [0.717, 1.165) is 16.8 Å². The molecular formula is C14H19NO2. The molecule has 0 radical (unpaired) electrons. The summed E-state index contributed by atoms with van der Waals surface area (Å²) in [7, 11) is 3.74. The first-order valence-electron chi connectivity index (χ1n) is 5.68. The van der Waals surface area contributed by atoms with E-state index >= 15 is 0 Å². The monoisotopic (exact) mass is 233 g/mol. The fourth-order valence-corrected chi connectivity index (χ4v) is 1.85. The predicted octanol–water partition coefficient (Wildman–Crippen LogP) is 2.76. The van der Waals surface area contributed by atoms with Crippen LogP contribution in [0.1, 0.15) is 24.5 Å². The van der Waals surface area contributed by atoms with Crippen molar-refractivity contribution < 1.29 is 9.90 Å². The van der Waals surface area contributed by atoms with Gasteiger partial charge in [0.2, 0.25) is 0 Å². The van der Waals surface area contributed by atoms with Gasteiger partial charge in [0, 0.05) is 19.8 Å². The van der Waals surface area contributed by atoms with E-state index in [-0.39, 0.29) is 0 Å². The van der Waals surface area contributed by atoms with Crippen molar-refractivity contribution in [1.29, 1.82) is 0 Å².